The number of rotatable bonds is 4. The number of nitrogens with two attached hydrogens (primary N) is 1. The van der Waals surface area contributed by atoms with E-state index >= 15 is 0 Å². The summed E-state index contributed by atoms with van der Waals surface area (Å²) in [6, 6.07) is 8.29. The summed E-state index contributed by atoms with van der Waals surface area (Å²) in [5.74, 6) is -0.688. The summed E-state index contributed by atoms with van der Waals surface area (Å²) in [6.45, 7) is 1.01. The highest BCUT2D eigenvalue weighted by molar-refractivity contribution is 5.98. The highest BCUT2D eigenvalue weighted by atomic mass is 16.2. The van der Waals surface area contributed by atoms with Crippen LogP contribution in [0.2, 0.25) is 0 Å². The van der Waals surface area contributed by atoms with Crippen molar-refractivity contribution in [1.82, 2.24) is 4.90 Å². The molecule has 0 saturated carbocycles. The number of carbonyl (C=O) groups excluding carboxylic acids is 2. The first kappa shape index (κ1) is 14.0. The molecule has 0 aromatic heterocycles. The lowest BCUT2D eigenvalue weighted by atomic mass is 10.1. The number of nitrogens with zero attached hydrogens (tertiary/aromatic N) is 2. The standard InChI is InChI=1S/C14H16N4O2/c15-6-8-18-7-2-5-12(18)14(20)17-11-4-1-3-10(9-11)13(16)19/h1,3-4,9,12H,2,5,7-8H2,(H2,16,19)(H,17,20). The zero-order chi connectivity index (χ0) is 14.5. The van der Waals surface area contributed by atoms with Crippen molar-refractivity contribution in [3.63, 3.8) is 0 Å². The first-order valence-electron chi connectivity index (χ1n) is 6.43. The third-order valence-electron chi connectivity index (χ3n) is 3.35. The maximum atomic E-state index is 12.2. The number of carbonyl (C=O) groups is 2. The van der Waals surface area contributed by atoms with Crippen LogP contribution < -0.4 is 11.1 Å². The van der Waals surface area contributed by atoms with Crippen LogP contribution in [0.1, 0.15) is 23.2 Å². The molecule has 1 unspecified atom stereocenters. The molecule has 1 aliphatic rings. The van der Waals surface area contributed by atoms with Crippen LogP contribution in [0.3, 0.4) is 0 Å². The summed E-state index contributed by atoms with van der Waals surface area (Å²) in [4.78, 5) is 25.2. The lowest BCUT2D eigenvalue weighted by Crippen LogP contribution is -2.39. The van der Waals surface area contributed by atoms with Crippen molar-refractivity contribution >= 4 is 17.5 Å². The number of nitrogens with one attached hydrogen (secondary N) is 1. The van der Waals surface area contributed by atoms with Crippen molar-refractivity contribution < 1.29 is 9.59 Å². The molecule has 1 aromatic rings. The Morgan fingerprint density at radius 2 is 2.30 bits per heavy atom. The molecule has 0 aliphatic carbocycles. The molecule has 104 valence electrons. The zero-order valence-corrected chi connectivity index (χ0v) is 11.0. The predicted octanol–water partition coefficient (Wildman–Crippen LogP) is 0.712. The van der Waals surface area contributed by atoms with Gasteiger partial charge in [-0.15, -0.1) is 0 Å². The van der Waals surface area contributed by atoms with Gasteiger partial charge in [-0.2, -0.15) is 5.26 Å². The second-order valence-corrected chi connectivity index (χ2v) is 4.72. The van der Waals surface area contributed by atoms with Gasteiger partial charge in [0.05, 0.1) is 18.7 Å². The van der Waals surface area contributed by atoms with Gasteiger partial charge in [-0.3, -0.25) is 14.5 Å². The summed E-state index contributed by atoms with van der Waals surface area (Å²) < 4.78 is 0. The summed E-state index contributed by atoms with van der Waals surface area (Å²) in [5, 5.41) is 11.5. The fourth-order valence-corrected chi connectivity index (χ4v) is 2.38. The summed E-state index contributed by atoms with van der Waals surface area (Å²) in [6.07, 6.45) is 1.64. The van der Waals surface area contributed by atoms with E-state index in [1.807, 2.05) is 4.90 Å². The van der Waals surface area contributed by atoms with Crippen molar-refractivity contribution in [3.05, 3.63) is 29.8 Å². The van der Waals surface area contributed by atoms with Gasteiger partial charge in [0.2, 0.25) is 11.8 Å². The van der Waals surface area contributed by atoms with E-state index in [9.17, 15) is 9.59 Å². The van der Waals surface area contributed by atoms with E-state index in [0.29, 0.717) is 11.3 Å². The number of hydrogen-bond acceptors (Lipinski definition) is 4. The normalized spacial score (nSPS) is 18.4. The predicted molar refractivity (Wildman–Crippen MR) is 73.8 cm³/mol. The summed E-state index contributed by atoms with van der Waals surface area (Å²) >= 11 is 0. The number of likely N-dealkylation sites (tertiary alicyclic amines) is 1. The van der Waals surface area contributed by atoms with Crippen molar-refractivity contribution in [3.8, 4) is 6.07 Å². The van der Waals surface area contributed by atoms with Gasteiger partial charge in [0.15, 0.2) is 0 Å². The molecular formula is C14H16N4O2. The fourth-order valence-electron chi connectivity index (χ4n) is 2.38. The summed E-state index contributed by atoms with van der Waals surface area (Å²) in [7, 11) is 0. The molecule has 1 heterocycles. The third kappa shape index (κ3) is 3.13. The van der Waals surface area contributed by atoms with Crippen LogP contribution in [0.15, 0.2) is 24.3 Å². The first-order chi connectivity index (χ1) is 9.61. The minimum absolute atomic E-state index is 0.153. The minimum atomic E-state index is -0.534. The Kier molecular flexibility index (Phi) is 4.33. The third-order valence-corrected chi connectivity index (χ3v) is 3.35. The Labute approximate surface area is 117 Å². The van der Waals surface area contributed by atoms with E-state index < -0.39 is 5.91 Å². The number of anilines is 1. The molecule has 2 amide bonds. The van der Waals surface area contributed by atoms with Crippen LogP contribution in [-0.4, -0.2) is 35.8 Å². The van der Waals surface area contributed by atoms with E-state index in [1.54, 1.807) is 24.3 Å². The van der Waals surface area contributed by atoms with Crippen LogP contribution in [0, 0.1) is 11.3 Å². The molecule has 1 aromatic carbocycles. The van der Waals surface area contributed by atoms with Crippen LogP contribution >= 0.6 is 0 Å². The molecule has 0 radical (unpaired) electrons. The number of hydrogen-bond donors (Lipinski definition) is 2. The van der Waals surface area contributed by atoms with E-state index in [2.05, 4.69) is 11.4 Å². The molecule has 2 rings (SSSR count). The van der Waals surface area contributed by atoms with Crippen LogP contribution in [0.5, 0.6) is 0 Å². The topological polar surface area (TPSA) is 99.2 Å². The van der Waals surface area contributed by atoms with Crippen molar-refractivity contribution in [1.29, 1.82) is 5.26 Å². The Morgan fingerprint density at radius 3 is 3.00 bits per heavy atom. The molecule has 1 fully saturated rings. The minimum Gasteiger partial charge on any atom is -0.366 e. The Balaban J connectivity index is 2.06. The lowest BCUT2D eigenvalue weighted by Gasteiger charge is -2.20. The Morgan fingerprint density at radius 1 is 1.50 bits per heavy atom. The molecule has 6 nitrogen and oxygen atoms in total. The van der Waals surface area contributed by atoms with E-state index in [-0.39, 0.29) is 18.5 Å². The monoisotopic (exact) mass is 272 g/mol. The number of benzene rings is 1. The van der Waals surface area contributed by atoms with Gasteiger partial charge in [-0.1, -0.05) is 6.07 Å². The average molecular weight is 272 g/mol. The van der Waals surface area contributed by atoms with Crippen molar-refractivity contribution in [2.24, 2.45) is 5.73 Å². The van der Waals surface area contributed by atoms with E-state index in [4.69, 9.17) is 11.0 Å². The van der Waals surface area contributed by atoms with Gasteiger partial charge in [-0.05, 0) is 31.0 Å². The zero-order valence-electron chi connectivity index (χ0n) is 11.0. The molecule has 0 bridgehead atoms. The van der Waals surface area contributed by atoms with Crippen LogP contribution in [-0.2, 0) is 4.79 Å². The number of primary amides is 1. The molecule has 1 atom stereocenters. The molecule has 20 heavy (non-hydrogen) atoms. The lowest BCUT2D eigenvalue weighted by molar-refractivity contribution is -0.120. The van der Waals surface area contributed by atoms with Crippen LogP contribution in [0.4, 0.5) is 5.69 Å². The number of nitriles is 1. The highest BCUT2D eigenvalue weighted by Crippen LogP contribution is 2.19. The van der Waals surface area contributed by atoms with Gasteiger partial charge in [0.25, 0.3) is 0 Å². The van der Waals surface area contributed by atoms with Gasteiger partial charge in [-0.25, -0.2) is 0 Å². The highest BCUT2D eigenvalue weighted by Gasteiger charge is 2.30. The second kappa shape index (κ2) is 6.17. The van der Waals surface area contributed by atoms with E-state index in [0.717, 1.165) is 19.4 Å². The smallest absolute Gasteiger partial charge is 0.248 e. The SMILES string of the molecule is N#CCN1CCCC1C(=O)Nc1cccc(C(N)=O)c1. The van der Waals surface area contributed by atoms with Crippen molar-refractivity contribution in [2.75, 3.05) is 18.4 Å². The van der Waals surface area contributed by atoms with Gasteiger partial charge in [0.1, 0.15) is 0 Å². The summed E-state index contributed by atoms with van der Waals surface area (Å²) in [5.41, 5.74) is 6.09. The van der Waals surface area contributed by atoms with Gasteiger partial charge in [0, 0.05) is 17.8 Å². The maximum Gasteiger partial charge on any atom is 0.248 e. The molecular weight excluding hydrogens is 256 g/mol. The van der Waals surface area contributed by atoms with Gasteiger partial charge >= 0.3 is 0 Å². The first-order valence-corrected chi connectivity index (χ1v) is 6.43. The molecule has 3 N–H and O–H groups in total. The second-order valence-electron chi connectivity index (χ2n) is 4.72. The number of amides is 2. The van der Waals surface area contributed by atoms with E-state index in [1.165, 1.54) is 0 Å². The van der Waals surface area contributed by atoms with Gasteiger partial charge < -0.3 is 11.1 Å². The Hall–Kier alpha value is -2.39. The molecule has 0 spiro atoms. The Bertz CT molecular complexity index is 565. The largest absolute Gasteiger partial charge is 0.366 e. The molecule has 1 aliphatic heterocycles. The maximum absolute atomic E-state index is 12.2. The average Bonchev–Trinajstić information content (AvgIpc) is 2.88. The van der Waals surface area contributed by atoms with Crippen LogP contribution in [0.25, 0.3) is 0 Å². The molecule has 1 saturated heterocycles. The fraction of sp³-hybridized carbons (Fsp3) is 0.357. The van der Waals surface area contributed by atoms with Crippen molar-refractivity contribution in [2.45, 2.75) is 18.9 Å². The quantitative estimate of drug-likeness (QED) is 0.788. The molecule has 6 heteroatoms.